The number of carbonyl (C=O) groups excluding carboxylic acids is 2. The Labute approximate surface area is 173 Å². The van der Waals surface area contributed by atoms with Gasteiger partial charge in [-0.15, -0.1) is 0 Å². The summed E-state index contributed by atoms with van der Waals surface area (Å²) in [7, 11) is 0. The molecule has 2 amide bonds. The molecule has 0 heterocycles. The van der Waals surface area contributed by atoms with E-state index in [9.17, 15) is 9.59 Å². The number of anilines is 2. The van der Waals surface area contributed by atoms with Crippen LogP contribution in [0.3, 0.4) is 0 Å². The van der Waals surface area contributed by atoms with Crippen LogP contribution in [0.4, 0.5) is 11.4 Å². The Morgan fingerprint density at radius 2 is 1.62 bits per heavy atom. The van der Waals surface area contributed by atoms with Crippen LogP contribution in [0.1, 0.15) is 56.0 Å². The fourth-order valence-electron chi connectivity index (χ4n) is 2.86. The number of carbonyl (C=O) groups is 2. The fraction of sp³-hybridized carbons (Fsp3) is 0.348. The zero-order valence-electron chi connectivity index (χ0n) is 17.4. The van der Waals surface area contributed by atoms with E-state index in [0.717, 1.165) is 37.2 Å². The van der Waals surface area contributed by atoms with Gasteiger partial charge in [-0.3, -0.25) is 9.59 Å². The highest BCUT2D eigenvalue weighted by Gasteiger charge is 2.06. The van der Waals surface area contributed by atoms with Crippen LogP contribution >= 0.6 is 0 Å². The van der Waals surface area contributed by atoms with E-state index < -0.39 is 0 Å². The molecule has 6 heteroatoms. The highest BCUT2D eigenvalue weighted by molar-refractivity contribution is 5.96. The van der Waals surface area contributed by atoms with Gasteiger partial charge in [-0.1, -0.05) is 25.5 Å². The first-order chi connectivity index (χ1) is 14.1. The van der Waals surface area contributed by atoms with E-state index in [1.165, 1.54) is 0 Å². The molecular formula is C23H30N4O2. The van der Waals surface area contributed by atoms with Crippen molar-refractivity contribution in [1.29, 1.82) is 0 Å². The first-order valence-corrected chi connectivity index (χ1v) is 10.2. The molecule has 0 spiro atoms. The quantitative estimate of drug-likeness (QED) is 0.463. The van der Waals surface area contributed by atoms with E-state index in [4.69, 9.17) is 0 Å². The van der Waals surface area contributed by atoms with Crippen LogP contribution in [0.25, 0.3) is 0 Å². The highest BCUT2D eigenvalue weighted by atomic mass is 16.2. The molecule has 0 unspecified atom stereocenters. The van der Waals surface area contributed by atoms with Gasteiger partial charge in [-0.05, 0) is 62.2 Å². The number of benzene rings is 2. The average Bonchev–Trinajstić information content (AvgIpc) is 2.74. The number of unbranched alkanes of at least 4 members (excludes halogenated alkanes) is 1. The minimum Gasteiger partial charge on any atom is -0.372 e. The van der Waals surface area contributed by atoms with Crippen LogP contribution in [0.15, 0.2) is 53.6 Å². The summed E-state index contributed by atoms with van der Waals surface area (Å²) in [5, 5.41) is 6.85. The molecule has 0 saturated heterocycles. The van der Waals surface area contributed by atoms with Gasteiger partial charge in [0.25, 0.3) is 5.91 Å². The fourth-order valence-corrected chi connectivity index (χ4v) is 2.86. The van der Waals surface area contributed by atoms with Gasteiger partial charge in [0, 0.05) is 36.4 Å². The predicted octanol–water partition coefficient (Wildman–Crippen LogP) is 4.43. The molecule has 0 atom stereocenters. The average molecular weight is 395 g/mol. The van der Waals surface area contributed by atoms with Crippen molar-refractivity contribution in [2.75, 3.05) is 23.3 Å². The summed E-state index contributed by atoms with van der Waals surface area (Å²) in [6.07, 6.45) is 3.96. The third-order valence-corrected chi connectivity index (χ3v) is 4.59. The van der Waals surface area contributed by atoms with Crippen molar-refractivity contribution in [2.45, 2.75) is 40.0 Å². The Morgan fingerprint density at radius 1 is 0.966 bits per heavy atom. The lowest BCUT2D eigenvalue weighted by atomic mass is 10.2. The van der Waals surface area contributed by atoms with Crippen molar-refractivity contribution in [3.63, 3.8) is 0 Å². The molecule has 0 aliphatic heterocycles. The van der Waals surface area contributed by atoms with Gasteiger partial charge in [-0.25, -0.2) is 5.43 Å². The van der Waals surface area contributed by atoms with Crippen LogP contribution in [-0.2, 0) is 4.79 Å². The summed E-state index contributed by atoms with van der Waals surface area (Å²) < 4.78 is 0. The first kappa shape index (κ1) is 22.1. The van der Waals surface area contributed by atoms with Crippen LogP contribution in [0.5, 0.6) is 0 Å². The molecule has 0 saturated carbocycles. The highest BCUT2D eigenvalue weighted by Crippen LogP contribution is 2.14. The molecule has 29 heavy (non-hydrogen) atoms. The number of rotatable bonds is 10. The van der Waals surface area contributed by atoms with Gasteiger partial charge in [0.1, 0.15) is 0 Å². The Hall–Kier alpha value is -3.15. The molecular weight excluding hydrogens is 364 g/mol. The SMILES string of the molecule is CCCCC(=O)Nc1ccc(C(=O)N/N=C/c2ccc(N(CC)CC)cc2)cc1. The van der Waals surface area contributed by atoms with Crippen LogP contribution in [-0.4, -0.2) is 31.1 Å². The summed E-state index contributed by atoms with van der Waals surface area (Å²) >= 11 is 0. The van der Waals surface area contributed by atoms with Crippen LogP contribution < -0.4 is 15.6 Å². The number of hydrogen-bond acceptors (Lipinski definition) is 4. The van der Waals surface area contributed by atoms with Crippen molar-refractivity contribution in [1.82, 2.24) is 5.43 Å². The van der Waals surface area contributed by atoms with Crippen LogP contribution in [0.2, 0.25) is 0 Å². The van der Waals surface area contributed by atoms with Crippen molar-refractivity contribution in [2.24, 2.45) is 5.10 Å². The molecule has 0 radical (unpaired) electrons. The molecule has 2 N–H and O–H groups in total. The Morgan fingerprint density at radius 3 is 2.21 bits per heavy atom. The number of nitrogens with one attached hydrogen (secondary N) is 2. The topological polar surface area (TPSA) is 73.8 Å². The van der Waals surface area contributed by atoms with E-state index in [1.54, 1.807) is 30.5 Å². The zero-order valence-corrected chi connectivity index (χ0v) is 17.4. The van der Waals surface area contributed by atoms with E-state index >= 15 is 0 Å². The lowest BCUT2D eigenvalue weighted by Gasteiger charge is -2.20. The predicted molar refractivity (Wildman–Crippen MR) is 120 cm³/mol. The van der Waals surface area contributed by atoms with Gasteiger partial charge in [0.2, 0.25) is 5.91 Å². The molecule has 0 fully saturated rings. The molecule has 6 nitrogen and oxygen atoms in total. The third-order valence-electron chi connectivity index (χ3n) is 4.59. The lowest BCUT2D eigenvalue weighted by molar-refractivity contribution is -0.116. The summed E-state index contributed by atoms with van der Waals surface area (Å²) in [5.41, 5.74) is 5.76. The summed E-state index contributed by atoms with van der Waals surface area (Å²) in [4.78, 5) is 26.2. The van der Waals surface area contributed by atoms with Gasteiger partial charge >= 0.3 is 0 Å². The van der Waals surface area contributed by atoms with Gasteiger partial charge in [0.05, 0.1) is 6.21 Å². The maximum Gasteiger partial charge on any atom is 0.271 e. The van der Waals surface area contributed by atoms with E-state index in [0.29, 0.717) is 17.7 Å². The van der Waals surface area contributed by atoms with Crippen molar-refractivity contribution < 1.29 is 9.59 Å². The Kier molecular flexibility index (Phi) is 8.89. The summed E-state index contributed by atoms with van der Waals surface area (Å²) in [6.45, 7) is 8.22. The standard InChI is InChI=1S/C23H30N4O2/c1-4-7-8-22(28)25-20-13-11-19(12-14-20)23(29)26-24-17-18-9-15-21(16-10-18)27(5-2)6-3/h9-17H,4-8H2,1-3H3,(H,25,28)(H,26,29)/b24-17+. The molecule has 0 aromatic heterocycles. The van der Waals surface area contributed by atoms with Gasteiger partial charge in [0.15, 0.2) is 0 Å². The molecule has 0 aliphatic carbocycles. The van der Waals surface area contributed by atoms with Crippen LogP contribution in [0, 0.1) is 0 Å². The maximum absolute atomic E-state index is 12.2. The molecule has 2 aromatic rings. The molecule has 2 rings (SSSR count). The Bertz CT molecular complexity index is 810. The number of hydrogen-bond donors (Lipinski definition) is 2. The normalized spacial score (nSPS) is 10.7. The van der Waals surface area contributed by atoms with E-state index in [-0.39, 0.29) is 11.8 Å². The van der Waals surface area contributed by atoms with E-state index in [1.807, 2.05) is 31.2 Å². The number of nitrogens with zero attached hydrogens (tertiary/aromatic N) is 2. The zero-order chi connectivity index (χ0) is 21.1. The molecule has 2 aromatic carbocycles. The second-order valence-corrected chi connectivity index (χ2v) is 6.69. The summed E-state index contributed by atoms with van der Waals surface area (Å²) in [6, 6.07) is 14.8. The number of amides is 2. The smallest absolute Gasteiger partial charge is 0.271 e. The molecule has 0 aliphatic rings. The number of hydrazone groups is 1. The third kappa shape index (κ3) is 7.07. The largest absolute Gasteiger partial charge is 0.372 e. The van der Waals surface area contributed by atoms with Crippen molar-refractivity contribution >= 4 is 29.4 Å². The van der Waals surface area contributed by atoms with Gasteiger partial charge in [-0.2, -0.15) is 5.10 Å². The molecule has 154 valence electrons. The minimum absolute atomic E-state index is 0.0133. The molecule has 0 bridgehead atoms. The Balaban J connectivity index is 1.87. The van der Waals surface area contributed by atoms with Crippen molar-refractivity contribution in [3.8, 4) is 0 Å². The monoisotopic (exact) mass is 394 g/mol. The van der Waals surface area contributed by atoms with Gasteiger partial charge < -0.3 is 10.2 Å². The summed E-state index contributed by atoms with van der Waals surface area (Å²) in [5.74, 6) is -0.314. The first-order valence-electron chi connectivity index (χ1n) is 10.2. The second kappa shape index (κ2) is 11.6. The second-order valence-electron chi connectivity index (χ2n) is 6.69. The maximum atomic E-state index is 12.2. The lowest BCUT2D eigenvalue weighted by Crippen LogP contribution is -2.21. The van der Waals surface area contributed by atoms with Crippen molar-refractivity contribution in [3.05, 3.63) is 59.7 Å². The van der Waals surface area contributed by atoms with E-state index in [2.05, 4.69) is 34.6 Å². The minimum atomic E-state index is -0.301.